The van der Waals surface area contributed by atoms with Crippen molar-refractivity contribution < 1.29 is 19.0 Å². The molecule has 9 nitrogen and oxygen atoms in total. The molecule has 0 fully saturated rings. The summed E-state index contributed by atoms with van der Waals surface area (Å²) in [7, 11) is 4.79. The molecule has 1 amide bonds. The van der Waals surface area contributed by atoms with Gasteiger partial charge in [-0.2, -0.15) is 5.10 Å². The molecule has 0 saturated carbocycles. The Morgan fingerprint density at radius 3 is 2.50 bits per heavy atom. The maximum atomic E-state index is 12.5. The van der Waals surface area contributed by atoms with Crippen molar-refractivity contribution in [1.82, 2.24) is 20.2 Å². The van der Waals surface area contributed by atoms with Crippen LogP contribution in [0.25, 0.3) is 22.2 Å². The van der Waals surface area contributed by atoms with Gasteiger partial charge in [0.15, 0.2) is 22.5 Å². The van der Waals surface area contributed by atoms with Gasteiger partial charge in [-0.3, -0.25) is 4.79 Å². The maximum Gasteiger partial charge on any atom is 0.250 e. The highest BCUT2D eigenvalue weighted by atomic mass is 32.2. The molecular formula is C26H27N5O4S. The number of hydrogen-bond donors (Lipinski definition) is 1. The zero-order chi connectivity index (χ0) is 25.5. The van der Waals surface area contributed by atoms with Crippen LogP contribution >= 0.6 is 11.8 Å². The molecule has 0 bridgehead atoms. The number of nitrogens with one attached hydrogen (secondary N) is 1. The van der Waals surface area contributed by atoms with Gasteiger partial charge < -0.3 is 18.8 Å². The standard InChI is InChI=1S/C26H27N5O4S/c1-5-31-25(18-11-13-22(34-3)23(14-18)35-4)29-30-26(31)36-16-24(32)28-27-15-20-19-9-7-6-8-17(19)10-12-21(20)33-2/h6-15H,5,16H2,1-4H3,(H,28,32)/b27-15-. The lowest BCUT2D eigenvalue weighted by atomic mass is 10.0. The Morgan fingerprint density at radius 1 is 1.00 bits per heavy atom. The molecule has 4 rings (SSSR count). The van der Waals surface area contributed by atoms with E-state index in [1.54, 1.807) is 27.5 Å². The van der Waals surface area contributed by atoms with Crippen molar-refractivity contribution in [1.29, 1.82) is 0 Å². The summed E-state index contributed by atoms with van der Waals surface area (Å²) in [6.07, 6.45) is 1.60. The molecule has 0 unspecified atom stereocenters. The molecule has 0 saturated heterocycles. The molecule has 36 heavy (non-hydrogen) atoms. The van der Waals surface area contributed by atoms with E-state index in [0.717, 1.165) is 21.9 Å². The molecular weight excluding hydrogens is 478 g/mol. The van der Waals surface area contributed by atoms with Crippen LogP contribution in [-0.2, 0) is 11.3 Å². The molecule has 1 aromatic heterocycles. The van der Waals surface area contributed by atoms with Gasteiger partial charge in [-0.05, 0) is 42.0 Å². The van der Waals surface area contributed by atoms with Crippen LogP contribution in [0.4, 0.5) is 0 Å². The normalized spacial score (nSPS) is 11.1. The maximum absolute atomic E-state index is 12.5. The number of hydrogen-bond acceptors (Lipinski definition) is 8. The number of amides is 1. The number of hydrazone groups is 1. The Labute approximate surface area is 213 Å². The van der Waals surface area contributed by atoms with E-state index in [0.29, 0.717) is 34.8 Å². The number of ether oxygens (including phenoxy) is 3. The largest absolute Gasteiger partial charge is 0.496 e. The molecule has 3 aromatic carbocycles. The minimum atomic E-state index is -0.256. The fourth-order valence-corrected chi connectivity index (χ4v) is 4.58. The summed E-state index contributed by atoms with van der Waals surface area (Å²) in [6, 6.07) is 17.4. The van der Waals surface area contributed by atoms with Crippen molar-refractivity contribution >= 4 is 34.7 Å². The Morgan fingerprint density at radius 2 is 1.75 bits per heavy atom. The lowest BCUT2D eigenvalue weighted by Crippen LogP contribution is -2.20. The second kappa shape index (κ2) is 11.6. The number of nitrogens with zero attached hydrogens (tertiary/aromatic N) is 4. The summed E-state index contributed by atoms with van der Waals surface area (Å²) in [5.74, 6) is 2.48. The molecule has 1 N–H and O–H groups in total. The lowest BCUT2D eigenvalue weighted by molar-refractivity contribution is -0.118. The van der Waals surface area contributed by atoms with Crippen molar-refractivity contribution in [2.45, 2.75) is 18.6 Å². The first-order chi connectivity index (χ1) is 17.6. The van der Waals surface area contributed by atoms with E-state index >= 15 is 0 Å². The third kappa shape index (κ3) is 5.28. The average Bonchev–Trinajstić information content (AvgIpc) is 3.34. The topological polar surface area (TPSA) is 99.9 Å². The summed E-state index contributed by atoms with van der Waals surface area (Å²) in [4.78, 5) is 12.5. The van der Waals surface area contributed by atoms with Crippen LogP contribution in [0.2, 0.25) is 0 Å². The van der Waals surface area contributed by atoms with Crippen molar-refractivity contribution in [3.8, 4) is 28.6 Å². The van der Waals surface area contributed by atoms with E-state index < -0.39 is 0 Å². The van der Waals surface area contributed by atoms with Gasteiger partial charge in [0, 0.05) is 17.7 Å². The Balaban J connectivity index is 1.44. The number of thioether (sulfide) groups is 1. The van der Waals surface area contributed by atoms with E-state index in [9.17, 15) is 4.79 Å². The molecule has 0 radical (unpaired) electrons. The van der Waals surface area contributed by atoms with E-state index in [1.807, 2.05) is 66.1 Å². The number of benzene rings is 3. The Hall–Kier alpha value is -4.05. The van der Waals surface area contributed by atoms with E-state index in [4.69, 9.17) is 14.2 Å². The van der Waals surface area contributed by atoms with Crippen molar-refractivity contribution in [2.75, 3.05) is 27.1 Å². The molecule has 1 heterocycles. The number of fused-ring (bicyclic) bond motifs is 1. The summed E-state index contributed by atoms with van der Waals surface area (Å²) < 4.78 is 18.1. The van der Waals surface area contributed by atoms with Crippen LogP contribution in [0.15, 0.2) is 64.9 Å². The number of rotatable bonds is 10. The zero-order valence-corrected chi connectivity index (χ0v) is 21.3. The molecule has 0 atom stereocenters. The SMILES string of the molecule is CCn1c(SCC(=O)N/N=C\c2c(OC)ccc3ccccc23)nnc1-c1ccc(OC)c(OC)c1. The summed E-state index contributed by atoms with van der Waals surface area (Å²) >= 11 is 1.29. The molecule has 186 valence electrons. The highest BCUT2D eigenvalue weighted by Crippen LogP contribution is 2.33. The molecule has 0 aliphatic rings. The van der Waals surface area contributed by atoms with Crippen molar-refractivity contribution in [3.05, 3.63) is 60.2 Å². The zero-order valence-electron chi connectivity index (χ0n) is 20.5. The van der Waals surface area contributed by atoms with Gasteiger partial charge in [0.25, 0.3) is 5.91 Å². The van der Waals surface area contributed by atoms with Gasteiger partial charge in [-0.15, -0.1) is 10.2 Å². The first-order valence-corrected chi connectivity index (χ1v) is 12.2. The van der Waals surface area contributed by atoms with Crippen LogP contribution in [0.3, 0.4) is 0 Å². The number of aromatic nitrogens is 3. The van der Waals surface area contributed by atoms with Crippen LogP contribution in [-0.4, -0.2) is 54.0 Å². The lowest BCUT2D eigenvalue weighted by Gasteiger charge is -2.11. The quantitative estimate of drug-likeness (QED) is 0.194. The third-order valence-corrected chi connectivity index (χ3v) is 6.51. The van der Waals surface area contributed by atoms with Crippen molar-refractivity contribution in [3.63, 3.8) is 0 Å². The van der Waals surface area contributed by atoms with E-state index in [2.05, 4.69) is 20.7 Å². The summed E-state index contributed by atoms with van der Waals surface area (Å²) in [6.45, 7) is 2.64. The molecule has 0 spiro atoms. The first kappa shape index (κ1) is 25.1. The van der Waals surface area contributed by atoms with Crippen LogP contribution in [0.5, 0.6) is 17.2 Å². The van der Waals surface area contributed by atoms with Crippen LogP contribution in [0, 0.1) is 0 Å². The summed E-state index contributed by atoms with van der Waals surface area (Å²) in [5.41, 5.74) is 4.23. The Kier molecular flexibility index (Phi) is 8.06. The van der Waals surface area contributed by atoms with Crippen molar-refractivity contribution in [2.24, 2.45) is 5.10 Å². The number of carbonyl (C=O) groups excluding carboxylic acids is 1. The first-order valence-electron chi connectivity index (χ1n) is 11.3. The number of carbonyl (C=O) groups is 1. The fourth-order valence-electron chi connectivity index (χ4n) is 3.79. The van der Waals surface area contributed by atoms with Gasteiger partial charge >= 0.3 is 0 Å². The molecule has 0 aliphatic heterocycles. The average molecular weight is 506 g/mol. The summed E-state index contributed by atoms with van der Waals surface area (Å²) in [5, 5.41) is 15.5. The second-order valence-electron chi connectivity index (χ2n) is 7.60. The highest BCUT2D eigenvalue weighted by Gasteiger charge is 2.16. The van der Waals surface area contributed by atoms with E-state index in [1.165, 1.54) is 11.8 Å². The third-order valence-electron chi connectivity index (χ3n) is 5.54. The smallest absolute Gasteiger partial charge is 0.250 e. The monoisotopic (exact) mass is 505 g/mol. The molecule has 0 aliphatic carbocycles. The van der Waals surface area contributed by atoms with Gasteiger partial charge in [0.2, 0.25) is 0 Å². The Bertz CT molecular complexity index is 1400. The highest BCUT2D eigenvalue weighted by molar-refractivity contribution is 7.99. The number of methoxy groups -OCH3 is 3. The fraction of sp³-hybridized carbons (Fsp3) is 0.231. The van der Waals surface area contributed by atoms with Gasteiger partial charge in [0.05, 0.1) is 33.3 Å². The second-order valence-corrected chi connectivity index (χ2v) is 8.55. The van der Waals surface area contributed by atoms with Gasteiger partial charge in [-0.25, -0.2) is 5.43 Å². The minimum Gasteiger partial charge on any atom is -0.496 e. The minimum absolute atomic E-state index is 0.133. The van der Waals surface area contributed by atoms with Crippen LogP contribution in [0.1, 0.15) is 12.5 Å². The van der Waals surface area contributed by atoms with Gasteiger partial charge in [0.1, 0.15) is 5.75 Å². The molecule has 10 heteroatoms. The van der Waals surface area contributed by atoms with Gasteiger partial charge in [-0.1, -0.05) is 42.1 Å². The predicted octanol–water partition coefficient (Wildman–Crippen LogP) is 4.39. The van der Waals surface area contributed by atoms with Crippen LogP contribution < -0.4 is 19.6 Å². The van der Waals surface area contributed by atoms with E-state index in [-0.39, 0.29) is 11.7 Å². The predicted molar refractivity (Wildman–Crippen MR) is 141 cm³/mol. The molecule has 4 aromatic rings.